The monoisotopic (exact) mass is 500 g/mol. The van der Waals surface area contributed by atoms with Crippen LogP contribution in [0.25, 0.3) is 0 Å². The standard InChI is InChI=1S/C21H32N4O2.HI/c1-15-12-16(2)18(17(3)13-15)14-23-21(22-4)25-9-7-24(8-10-25)20(26)19-6-5-11-27-19;/h12-13,19H,5-11,14H2,1-4H3,(H,22,23);1H. The zero-order valence-corrected chi connectivity index (χ0v) is 19.8. The highest BCUT2D eigenvalue weighted by Crippen LogP contribution is 2.17. The molecule has 1 N–H and O–H groups in total. The van der Waals surface area contributed by atoms with Crippen LogP contribution in [0.3, 0.4) is 0 Å². The Kier molecular flexibility index (Phi) is 8.55. The number of piperazine rings is 1. The first-order valence-corrected chi connectivity index (χ1v) is 9.92. The zero-order chi connectivity index (χ0) is 19.4. The highest BCUT2D eigenvalue weighted by molar-refractivity contribution is 14.0. The molecule has 3 rings (SSSR count). The fourth-order valence-corrected chi connectivity index (χ4v) is 4.10. The molecule has 0 bridgehead atoms. The highest BCUT2D eigenvalue weighted by Gasteiger charge is 2.30. The lowest BCUT2D eigenvalue weighted by Gasteiger charge is -2.37. The number of nitrogens with one attached hydrogen (secondary N) is 1. The van der Waals surface area contributed by atoms with Gasteiger partial charge in [-0.25, -0.2) is 0 Å². The van der Waals surface area contributed by atoms with E-state index < -0.39 is 0 Å². The third-order valence-corrected chi connectivity index (χ3v) is 5.57. The fourth-order valence-electron chi connectivity index (χ4n) is 4.10. The first-order chi connectivity index (χ1) is 13.0. The van der Waals surface area contributed by atoms with Crippen molar-refractivity contribution >= 4 is 35.8 Å². The topological polar surface area (TPSA) is 57.2 Å². The third-order valence-electron chi connectivity index (χ3n) is 5.57. The Morgan fingerprint density at radius 3 is 2.29 bits per heavy atom. The van der Waals surface area contributed by atoms with Gasteiger partial charge in [-0.15, -0.1) is 24.0 Å². The first-order valence-electron chi connectivity index (χ1n) is 9.92. The Morgan fingerprint density at radius 1 is 1.14 bits per heavy atom. The second-order valence-corrected chi connectivity index (χ2v) is 7.59. The number of nitrogens with zero attached hydrogens (tertiary/aromatic N) is 3. The van der Waals surface area contributed by atoms with Crippen LogP contribution in [0, 0.1) is 20.8 Å². The molecule has 2 heterocycles. The third kappa shape index (κ3) is 5.37. The Hall–Kier alpha value is -1.35. The molecule has 0 aliphatic carbocycles. The number of carbonyl (C=O) groups excluding carboxylic acids is 1. The van der Waals surface area contributed by atoms with Crippen molar-refractivity contribution in [1.29, 1.82) is 0 Å². The molecule has 0 spiro atoms. The Morgan fingerprint density at radius 2 is 1.75 bits per heavy atom. The molecule has 1 amide bonds. The quantitative estimate of drug-likeness (QED) is 0.394. The van der Waals surface area contributed by atoms with Crippen LogP contribution < -0.4 is 5.32 Å². The van der Waals surface area contributed by atoms with E-state index >= 15 is 0 Å². The van der Waals surface area contributed by atoms with Crippen molar-refractivity contribution in [2.45, 2.75) is 46.3 Å². The number of halogens is 1. The second-order valence-electron chi connectivity index (χ2n) is 7.59. The molecular formula is C21H33IN4O2. The largest absolute Gasteiger partial charge is 0.368 e. The molecule has 0 saturated carbocycles. The van der Waals surface area contributed by atoms with Gasteiger partial charge < -0.3 is 19.9 Å². The van der Waals surface area contributed by atoms with Gasteiger partial charge in [0.25, 0.3) is 5.91 Å². The van der Waals surface area contributed by atoms with Gasteiger partial charge in [0.05, 0.1) is 0 Å². The van der Waals surface area contributed by atoms with Gasteiger partial charge in [-0.3, -0.25) is 9.79 Å². The average molecular weight is 500 g/mol. The number of aryl methyl sites for hydroxylation is 3. The normalized spacial score (nSPS) is 20.1. The second kappa shape index (κ2) is 10.4. The van der Waals surface area contributed by atoms with Gasteiger partial charge in [0.2, 0.25) is 0 Å². The van der Waals surface area contributed by atoms with E-state index in [9.17, 15) is 4.79 Å². The summed E-state index contributed by atoms with van der Waals surface area (Å²) < 4.78 is 5.54. The van der Waals surface area contributed by atoms with Crippen molar-refractivity contribution in [2.24, 2.45) is 4.99 Å². The van der Waals surface area contributed by atoms with Crippen molar-refractivity contribution in [3.05, 3.63) is 34.4 Å². The molecule has 2 fully saturated rings. The maximum atomic E-state index is 12.5. The van der Waals surface area contributed by atoms with Gasteiger partial charge >= 0.3 is 0 Å². The van der Waals surface area contributed by atoms with Crippen molar-refractivity contribution in [3.63, 3.8) is 0 Å². The summed E-state index contributed by atoms with van der Waals surface area (Å²) in [4.78, 5) is 21.1. The number of carbonyl (C=O) groups is 1. The van der Waals surface area contributed by atoms with Crippen LogP contribution in [0.4, 0.5) is 0 Å². The molecule has 1 aromatic rings. The van der Waals surface area contributed by atoms with E-state index in [2.05, 4.69) is 48.1 Å². The molecule has 2 aliphatic heterocycles. The van der Waals surface area contributed by atoms with E-state index in [0.717, 1.165) is 51.5 Å². The summed E-state index contributed by atoms with van der Waals surface area (Å²) in [5.41, 5.74) is 5.24. The van der Waals surface area contributed by atoms with Crippen molar-refractivity contribution < 1.29 is 9.53 Å². The van der Waals surface area contributed by atoms with Gasteiger partial charge in [0.15, 0.2) is 5.96 Å². The molecule has 28 heavy (non-hydrogen) atoms. The molecule has 156 valence electrons. The first kappa shape index (κ1) is 22.9. The van der Waals surface area contributed by atoms with Crippen LogP contribution >= 0.6 is 24.0 Å². The fraction of sp³-hybridized carbons (Fsp3) is 0.619. The summed E-state index contributed by atoms with van der Waals surface area (Å²) in [5, 5.41) is 3.50. The van der Waals surface area contributed by atoms with Crippen LogP contribution in [0.1, 0.15) is 35.1 Å². The van der Waals surface area contributed by atoms with Crippen molar-refractivity contribution in [3.8, 4) is 0 Å². The number of guanidine groups is 1. The highest BCUT2D eigenvalue weighted by atomic mass is 127. The molecule has 0 radical (unpaired) electrons. The number of aliphatic imine (C=N–C) groups is 1. The number of rotatable bonds is 3. The predicted molar refractivity (Wildman–Crippen MR) is 123 cm³/mol. The van der Waals surface area contributed by atoms with Crippen LogP contribution in [-0.2, 0) is 16.1 Å². The summed E-state index contributed by atoms with van der Waals surface area (Å²) in [6.07, 6.45) is 1.63. The number of hydrogen-bond donors (Lipinski definition) is 1. The van der Waals surface area contributed by atoms with Crippen LogP contribution in [-0.4, -0.2) is 67.6 Å². The predicted octanol–water partition coefficient (Wildman–Crippen LogP) is 2.63. The summed E-state index contributed by atoms with van der Waals surface area (Å²) in [6.45, 7) is 11.0. The molecular weight excluding hydrogens is 467 g/mol. The minimum absolute atomic E-state index is 0. The maximum Gasteiger partial charge on any atom is 0.251 e. The molecule has 0 aromatic heterocycles. The number of ether oxygens (including phenoxy) is 1. The minimum Gasteiger partial charge on any atom is -0.368 e. The molecule has 2 saturated heterocycles. The zero-order valence-electron chi connectivity index (χ0n) is 17.5. The van der Waals surface area contributed by atoms with Crippen molar-refractivity contribution in [2.75, 3.05) is 39.8 Å². The maximum absolute atomic E-state index is 12.5. The Balaban J connectivity index is 0.00000280. The van der Waals surface area contributed by atoms with Gasteiger partial charge in [0, 0.05) is 46.4 Å². The molecule has 1 unspecified atom stereocenters. The lowest BCUT2D eigenvalue weighted by atomic mass is 10.00. The van der Waals surface area contributed by atoms with Crippen molar-refractivity contribution in [1.82, 2.24) is 15.1 Å². The van der Waals surface area contributed by atoms with Crippen LogP contribution in [0.5, 0.6) is 0 Å². The number of hydrogen-bond acceptors (Lipinski definition) is 3. The summed E-state index contributed by atoms with van der Waals surface area (Å²) in [7, 11) is 1.82. The lowest BCUT2D eigenvalue weighted by molar-refractivity contribution is -0.142. The molecule has 6 nitrogen and oxygen atoms in total. The Labute approximate surface area is 185 Å². The molecule has 1 atom stereocenters. The molecule has 7 heteroatoms. The summed E-state index contributed by atoms with van der Waals surface area (Å²) in [5.74, 6) is 1.06. The van der Waals surface area contributed by atoms with E-state index in [1.807, 2.05) is 11.9 Å². The summed E-state index contributed by atoms with van der Waals surface area (Å²) >= 11 is 0. The minimum atomic E-state index is -0.221. The molecule has 2 aliphatic rings. The average Bonchev–Trinajstić information content (AvgIpc) is 3.18. The van der Waals surface area contributed by atoms with E-state index in [1.54, 1.807) is 0 Å². The van der Waals surface area contributed by atoms with Gasteiger partial charge in [-0.05, 0) is 50.3 Å². The van der Waals surface area contributed by atoms with Gasteiger partial charge in [0.1, 0.15) is 6.10 Å². The molecule has 1 aromatic carbocycles. The summed E-state index contributed by atoms with van der Waals surface area (Å²) in [6, 6.07) is 4.45. The van der Waals surface area contributed by atoms with E-state index in [1.165, 1.54) is 22.3 Å². The van der Waals surface area contributed by atoms with Crippen LogP contribution in [0.15, 0.2) is 17.1 Å². The SMILES string of the molecule is CN=C(NCc1c(C)cc(C)cc1C)N1CCN(C(=O)C2CCCO2)CC1.I. The van der Waals surface area contributed by atoms with Crippen LogP contribution in [0.2, 0.25) is 0 Å². The number of benzene rings is 1. The Bertz CT molecular complexity index is 685. The number of amides is 1. The van der Waals surface area contributed by atoms with Gasteiger partial charge in [-0.2, -0.15) is 0 Å². The van der Waals surface area contributed by atoms with Gasteiger partial charge in [-0.1, -0.05) is 17.7 Å². The van der Waals surface area contributed by atoms with E-state index in [-0.39, 0.29) is 36.0 Å². The smallest absolute Gasteiger partial charge is 0.251 e. The van der Waals surface area contributed by atoms with E-state index in [0.29, 0.717) is 6.61 Å². The van der Waals surface area contributed by atoms with E-state index in [4.69, 9.17) is 4.74 Å². The lowest BCUT2D eigenvalue weighted by Crippen LogP contribution is -2.55.